The molecule has 0 aliphatic rings. The van der Waals surface area contributed by atoms with Crippen LogP contribution in [0.2, 0.25) is 0 Å². The molecule has 0 bridgehead atoms. The lowest BCUT2D eigenvalue weighted by Gasteiger charge is -2.06. The van der Waals surface area contributed by atoms with E-state index in [2.05, 4.69) is 36.3 Å². The van der Waals surface area contributed by atoms with Crippen molar-refractivity contribution in [2.45, 2.75) is 52.4 Å². The summed E-state index contributed by atoms with van der Waals surface area (Å²) in [5, 5.41) is 21.5. The van der Waals surface area contributed by atoms with Gasteiger partial charge in [-0.2, -0.15) is 5.26 Å². The Morgan fingerprint density at radius 1 is 1.25 bits per heavy atom. The van der Waals surface area contributed by atoms with E-state index in [1.54, 1.807) is 6.08 Å². The van der Waals surface area contributed by atoms with Crippen molar-refractivity contribution in [2.24, 2.45) is 0 Å². The Bertz CT molecular complexity index is 833. The van der Waals surface area contributed by atoms with Crippen molar-refractivity contribution in [1.29, 1.82) is 5.26 Å². The van der Waals surface area contributed by atoms with E-state index < -0.39 is 5.91 Å². The molecule has 1 N–H and O–H groups in total. The second-order valence-corrected chi connectivity index (χ2v) is 7.36. The SMILES string of the molecule is CCCCOc1ccc(/C=C(\C#N)C(=O)Nc2nnc(C(CC)CC)s2)cc1. The third-order valence-corrected chi connectivity index (χ3v) is 5.32. The highest BCUT2D eigenvalue weighted by Gasteiger charge is 2.16. The molecule has 1 aromatic heterocycles. The summed E-state index contributed by atoms with van der Waals surface area (Å²) in [4.78, 5) is 12.4. The first kappa shape index (κ1) is 21.6. The van der Waals surface area contributed by atoms with Gasteiger partial charge in [0.15, 0.2) is 0 Å². The molecule has 0 unspecified atom stereocenters. The molecule has 148 valence electrons. The van der Waals surface area contributed by atoms with Crippen LogP contribution in [0.4, 0.5) is 5.13 Å². The molecule has 1 aromatic carbocycles. The van der Waals surface area contributed by atoms with Gasteiger partial charge in [0.1, 0.15) is 22.4 Å². The predicted molar refractivity (Wildman–Crippen MR) is 112 cm³/mol. The third kappa shape index (κ3) is 6.17. The zero-order valence-electron chi connectivity index (χ0n) is 16.6. The number of anilines is 1. The van der Waals surface area contributed by atoms with E-state index in [0.717, 1.165) is 42.0 Å². The molecule has 0 saturated heterocycles. The summed E-state index contributed by atoms with van der Waals surface area (Å²) in [7, 11) is 0. The minimum absolute atomic E-state index is 0.0129. The van der Waals surface area contributed by atoms with Gasteiger partial charge in [-0.25, -0.2) is 0 Å². The first-order valence-electron chi connectivity index (χ1n) is 9.60. The maximum absolute atomic E-state index is 12.4. The van der Waals surface area contributed by atoms with Crippen molar-refractivity contribution in [3.05, 3.63) is 40.4 Å². The van der Waals surface area contributed by atoms with Gasteiger partial charge < -0.3 is 4.74 Å². The van der Waals surface area contributed by atoms with Crippen LogP contribution in [-0.2, 0) is 4.79 Å². The van der Waals surface area contributed by atoms with Gasteiger partial charge in [-0.1, -0.05) is 50.7 Å². The number of carbonyl (C=O) groups is 1. The second-order valence-electron chi connectivity index (χ2n) is 6.35. The van der Waals surface area contributed by atoms with E-state index in [-0.39, 0.29) is 5.57 Å². The molecule has 7 heteroatoms. The number of unbranched alkanes of at least 4 members (excludes halogenated alkanes) is 1. The van der Waals surface area contributed by atoms with Gasteiger partial charge in [-0.3, -0.25) is 10.1 Å². The number of benzene rings is 1. The molecule has 1 amide bonds. The Morgan fingerprint density at radius 3 is 2.57 bits per heavy atom. The summed E-state index contributed by atoms with van der Waals surface area (Å²) in [6.45, 7) is 6.99. The normalized spacial score (nSPS) is 11.3. The lowest BCUT2D eigenvalue weighted by Crippen LogP contribution is -2.13. The van der Waals surface area contributed by atoms with Gasteiger partial charge >= 0.3 is 0 Å². The Kier molecular flexibility index (Phi) is 8.63. The maximum Gasteiger partial charge on any atom is 0.268 e. The Hall–Kier alpha value is -2.72. The van der Waals surface area contributed by atoms with Crippen molar-refractivity contribution >= 4 is 28.5 Å². The number of hydrogen-bond acceptors (Lipinski definition) is 6. The summed E-state index contributed by atoms with van der Waals surface area (Å²) >= 11 is 1.36. The molecular weight excluding hydrogens is 372 g/mol. The number of ether oxygens (including phenoxy) is 1. The van der Waals surface area contributed by atoms with Crippen molar-refractivity contribution in [3.8, 4) is 11.8 Å². The van der Waals surface area contributed by atoms with E-state index in [1.165, 1.54) is 11.3 Å². The van der Waals surface area contributed by atoms with Crippen LogP contribution in [0.1, 0.15) is 62.9 Å². The molecule has 0 aliphatic carbocycles. The predicted octanol–water partition coefficient (Wildman–Crippen LogP) is 5.17. The highest BCUT2D eigenvalue weighted by atomic mass is 32.1. The zero-order valence-corrected chi connectivity index (χ0v) is 17.4. The van der Waals surface area contributed by atoms with E-state index in [9.17, 15) is 10.1 Å². The number of nitrogens with zero attached hydrogens (tertiary/aromatic N) is 3. The van der Waals surface area contributed by atoms with E-state index in [0.29, 0.717) is 17.7 Å². The summed E-state index contributed by atoms with van der Waals surface area (Å²) < 4.78 is 5.62. The molecule has 1 heterocycles. The quantitative estimate of drug-likeness (QED) is 0.339. The number of nitrogens with one attached hydrogen (secondary N) is 1. The number of carbonyl (C=O) groups excluding carboxylic acids is 1. The number of aromatic nitrogens is 2. The molecule has 0 spiro atoms. The largest absolute Gasteiger partial charge is 0.494 e. The minimum atomic E-state index is -0.488. The summed E-state index contributed by atoms with van der Waals surface area (Å²) in [6.07, 6.45) is 5.58. The number of rotatable bonds is 10. The fourth-order valence-corrected chi connectivity index (χ4v) is 3.57. The zero-order chi connectivity index (χ0) is 20.4. The van der Waals surface area contributed by atoms with Gasteiger partial charge in [0.05, 0.1) is 6.61 Å². The monoisotopic (exact) mass is 398 g/mol. The van der Waals surface area contributed by atoms with Crippen LogP contribution >= 0.6 is 11.3 Å². The Labute approximate surface area is 170 Å². The molecule has 28 heavy (non-hydrogen) atoms. The highest BCUT2D eigenvalue weighted by molar-refractivity contribution is 7.15. The molecule has 2 rings (SSSR count). The fraction of sp³-hybridized carbons (Fsp3) is 0.429. The lowest BCUT2D eigenvalue weighted by atomic mass is 10.1. The first-order valence-corrected chi connectivity index (χ1v) is 10.4. The van der Waals surface area contributed by atoms with Crippen molar-refractivity contribution in [3.63, 3.8) is 0 Å². The van der Waals surface area contributed by atoms with E-state index in [4.69, 9.17) is 4.74 Å². The minimum Gasteiger partial charge on any atom is -0.494 e. The second kappa shape index (κ2) is 11.2. The highest BCUT2D eigenvalue weighted by Crippen LogP contribution is 2.28. The standard InChI is InChI=1S/C21H26N4O2S/c1-4-7-12-27-18-10-8-15(9-11-18)13-17(14-22)19(26)23-21-25-24-20(28-21)16(5-2)6-3/h8-11,13,16H,4-7,12H2,1-3H3,(H,23,25,26)/b17-13+. The lowest BCUT2D eigenvalue weighted by molar-refractivity contribution is -0.112. The summed E-state index contributed by atoms with van der Waals surface area (Å²) in [5.41, 5.74) is 0.767. The van der Waals surface area contributed by atoms with Crippen LogP contribution in [0.15, 0.2) is 29.8 Å². The van der Waals surface area contributed by atoms with Gasteiger partial charge in [-0.15, -0.1) is 10.2 Å². The molecule has 0 radical (unpaired) electrons. The van der Waals surface area contributed by atoms with Crippen LogP contribution < -0.4 is 10.1 Å². The summed E-state index contributed by atoms with van der Waals surface area (Å²) in [5.74, 6) is 0.626. The maximum atomic E-state index is 12.4. The number of amides is 1. The average molecular weight is 399 g/mol. The van der Waals surface area contributed by atoms with Crippen molar-refractivity contribution < 1.29 is 9.53 Å². The van der Waals surface area contributed by atoms with Crippen molar-refractivity contribution in [1.82, 2.24) is 10.2 Å². The number of hydrogen-bond donors (Lipinski definition) is 1. The molecule has 0 saturated carbocycles. The summed E-state index contributed by atoms with van der Waals surface area (Å²) in [6, 6.07) is 9.26. The molecular formula is C21H26N4O2S. The Morgan fingerprint density at radius 2 is 1.96 bits per heavy atom. The Balaban J connectivity index is 2.03. The van der Waals surface area contributed by atoms with Gasteiger partial charge in [0.2, 0.25) is 5.13 Å². The third-order valence-electron chi connectivity index (χ3n) is 4.32. The molecule has 0 atom stereocenters. The average Bonchev–Trinajstić information content (AvgIpc) is 3.16. The van der Waals surface area contributed by atoms with E-state index in [1.807, 2.05) is 30.3 Å². The topological polar surface area (TPSA) is 87.9 Å². The molecule has 0 aliphatic heterocycles. The van der Waals surface area contributed by atoms with Crippen LogP contribution in [-0.4, -0.2) is 22.7 Å². The smallest absolute Gasteiger partial charge is 0.268 e. The van der Waals surface area contributed by atoms with Gasteiger partial charge in [-0.05, 0) is 43.0 Å². The first-order chi connectivity index (χ1) is 13.6. The van der Waals surface area contributed by atoms with E-state index >= 15 is 0 Å². The molecule has 2 aromatic rings. The fourth-order valence-electron chi connectivity index (χ4n) is 2.56. The van der Waals surface area contributed by atoms with Gasteiger partial charge in [0.25, 0.3) is 5.91 Å². The van der Waals surface area contributed by atoms with Crippen LogP contribution in [0.25, 0.3) is 6.08 Å². The molecule has 0 fully saturated rings. The van der Waals surface area contributed by atoms with Gasteiger partial charge in [0, 0.05) is 5.92 Å². The van der Waals surface area contributed by atoms with Crippen LogP contribution in [0, 0.1) is 11.3 Å². The van der Waals surface area contributed by atoms with Crippen LogP contribution in [0.5, 0.6) is 5.75 Å². The van der Waals surface area contributed by atoms with Crippen LogP contribution in [0.3, 0.4) is 0 Å². The van der Waals surface area contributed by atoms with Crippen molar-refractivity contribution in [2.75, 3.05) is 11.9 Å². The number of nitriles is 1. The molecule has 6 nitrogen and oxygen atoms in total.